The van der Waals surface area contributed by atoms with Gasteiger partial charge in [0, 0.05) is 23.5 Å². The van der Waals surface area contributed by atoms with Crippen molar-refractivity contribution in [3.63, 3.8) is 0 Å². The normalized spacial score (nSPS) is 10.8. The molecule has 0 saturated heterocycles. The van der Waals surface area contributed by atoms with E-state index in [1.165, 1.54) is 45.6 Å². The van der Waals surface area contributed by atoms with Crippen LogP contribution < -0.4 is 30.0 Å². The second kappa shape index (κ2) is 8.60. The van der Waals surface area contributed by atoms with Crippen molar-refractivity contribution in [2.45, 2.75) is 4.90 Å². The fourth-order valence-corrected chi connectivity index (χ4v) is 2.81. The van der Waals surface area contributed by atoms with Crippen LogP contribution in [0, 0.1) is 0 Å². The number of rotatable bonds is 8. The summed E-state index contributed by atoms with van der Waals surface area (Å²) in [6.45, 7) is -0.0322. The Kier molecular flexibility index (Phi) is 6.48. The molecule has 0 heterocycles. The third-order valence-electron chi connectivity index (χ3n) is 3.58. The van der Waals surface area contributed by atoms with Gasteiger partial charge in [-0.05, 0) is 24.3 Å². The van der Waals surface area contributed by atoms with E-state index in [0.29, 0.717) is 28.6 Å². The molecule has 0 aliphatic carbocycles. The van der Waals surface area contributed by atoms with Crippen molar-refractivity contribution in [2.24, 2.45) is 5.14 Å². The Morgan fingerprint density at radius 2 is 1.52 bits per heavy atom. The summed E-state index contributed by atoms with van der Waals surface area (Å²) in [4.78, 5) is 12.1. The number of ether oxygens (including phenoxy) is 3. The lowest BCUT2D eigenvalue weighted by molar-refractivity contribution is -0.114. The summed E-state index contributed by atoms with van der Waals surface area (Å²) >= 11 is 0. The maximum Gasteiger partial charge on any atom is 0.243 e. The van der Waals surface area contributed by atoms with Crippen molar-refractivity contribution >= 4 is 27.3 Å². The summed E-state index contributed by atoms with van der Waals surface area (Å²) in [6, 6.07) is 8.90. The van der Waals surface area contributed by atoms with E-state index in [9.17, 15) is 13.2 Å². The minimum absolute atomic E-state index is 0.0314. The first-order valence-electron chi connectivity index (χ1n) is 7.75. The quantitative estimate of drug-likeness (QED) is 0.616. The highest BCUT2D eigenvalue weighted by Gasteiger charge is 2.14. The van der Waals surface area contributed by atoms with Crippen LogP contribution in [0.15, 0.2) is 41.3 Å². The van der Waals surface area contributed by atoms with Gasteiger partial charge in [-0.2, -0.15) is 0 Å². The second-order valence-electron chi connectivity index (χ2n) is 5.39. The second-order valence-corrected chi connectivity index (χ2v) is 6.95. The molecule has 0 aliphatic rings. The molecule has 10 heteroatoms. The smallest absolute Gasteiger partial charge is 0.243 e. The van der Waals surface area contributed by atoms with Crippen molar-refractivity contribution in [2.75, 3.05) is 38.5 Å². The van der Waals surface area contributed by atoms with Crippen molar-refractivity contribution in [1.29, 1.82) is 0 Å². The number of primary sulfonamides is 1. The number of hydrogen-bond acceptors (Lipinski definition) is 7. The Morgan fingerprint density at radius 1 is 0.963 bits per heavy atom. The van der Waals surface area contributed by atoms with Crippen molar-refractivity contribution in [1.82, 2.24) is 0 Å². The van der Waals surface area contributed by atoms with Crippen LogP contribution in [-0.2, 0) is 14.8 Å². The molecule has 2 rings (SSSR count). The van der Waals surface area contributed by atoms with Crippen LogP contribution in [0.25, 0.3) is 0 Å². The predicted octanol–water partition coefficient (Wildman–Crippen LogP) is 1.41. The van der Waals surface area contributed by atoms with Gasteiger partial charge in [0.1, 0.15) is 0 Å². The molecule has 9 nitrogen and oxygen atoms in total. The average molecular weight is 395 g/mol. The highest BCUT2D eigenvalue weighted by Crippen LogP contribution is 2.39. The number of carbonyl (C=O) groups is 1. The first-order valence-corrected chi connectivity index (χ1v) is 9.29. The van der Waals surface area contributed by atoms with E-state index in [1.807, 2.05) is 0 Å². The van der Waals surface area contributed by atoms with E-state index in [0.717, 1.165) is 0 Å². The van der Waals surface area contributed by atoms with Gasteiger partial charge in [0.25, 0.3) is 0 Å². The van der Waals surface area contributed by atoms with Crippen LogP contribution in [0.5, 0.6) is 17.2 Å². The maximum absolute atomic E-state index is 12.1. The van der Waals surface area contributed by atoms with Crippen molar-refractivity contribution in [3.05, 3.63) is 36.4 Å². The van der Waals surface area contributed by atoms with Gasteiger partial charge in [-0.15, -0.1) is 0 Å². The first kappa shape index (κ1) is 20.3. The molecule has 4 N–H and O–H groups in total. The van der Waals surface area contributed by atoms with Crippen LogP contribution >= 0.6 is 0 Å². The molecule has 1 amide bonds. The number of anilines is 2. The minimum atomic E-state index is -3.77. The molecule has 2 aromatic rings. The molecule has 27 heavy (non-hydrogen) atoms. The molecule has 0 spiro atoms. The van der Waals surface area contributed by atoms with E-state index in [1.54, 1.807) is 12.1 Å². The molecule has 0 fully saturated rings. The standard InChI is InChI=1S/C17H21N3O6S/c1-24-14-8-12(9-15(25-2)17(14)26-3)19-10-16(21)20-11-4-6-13(7-5-11)27(18,22)23/h4-9,19H,10H2,1-3H3,(H,20,21)(H2,18,22,23). The third-order valence-corrected chi connectivity index (χ3v) is 4.51. The summed E-state index contributed by atoms with van der Waals surface area (Å²) in [6.07, 6.45) is 0. The number of nitrogens with two attached hydrogens (primary N) is 1. The number of carbonyl (C=O) groups excluding carboxylic acids is 1. The summed E-state index contributed by atoms with van der Waals surface area (Å²) in [5.74, 6) is 1.04. The van der Waals surface area contributed by atoms with Gasteiger partial charge in [-0.1, -0.05) is 0 Å². The fraction of sp³-hybridized carbons (Fsp3) is 0.235. The highest BCUT2D eigenvalue weighted by molar-refractivity contribution is 7.89. The molecule has 146 valence electrons. The van der Waals surface area contributed by atoms with Crippen molar-refractivity contribution in [3.8, 4) is 17.2 Å². The van der Waals surface area contributed by atoms with E-state index in [2.05, 4.69) is 10.6 Å². The van der Waals surface area contributed by atoms with Gasteiger partial charge in [0.05, 0.1) is 32.8 Å². The molecule has 0 aromatic heterocycles. The SMILES string of the molecule is COc1cc(NCC(=O)Nc2ccc(S(N)(=O)=O)cc2)cc(OC)c1OC. The zero-order valence-corrected chi connectivity index (χ0v) is 15.9. The topological polar surface area (TPSA) is 129 Å². The Labute approximate surface area is 157 Å². The summed E-state index contributed by atoms with van der Waals surface area (Å²) in [5, 5.41) is 10.6. The lowest BCUT2D eigenvalue weighted by Crippen LogP contribution is -2.22. The lowest BCUT2D eigenvalue weighted by atomic mass is 10.2. The van der Waals surface area contributed by atoms with E-state index in [-0.39, 0.29) is 17.3 Å². The van der Waals surface area contributed by atoms with E-state index < -0.39 is 10.0 Å². The first-order chi connectivity index (χ1) is 12.8. The van der Waals surface area contributed by atoms with Gasteiger partial charge >= 0.3 is 0 Å². The Hall–Kier alpha value is -2.98. The highest BCUT2D eigenvalue weighted by atomic mass is 32.2. The molecule has 0 saturated carbocycles. The number of methoxy groups -OCH3 is 3. The number of sulfonamides is 1. The molecule has 0 bridgehead atoms. The zero-order chi connectivity index (χ0) is 20.0. The van der Waals surface area contributed by atoms with Crippen LogP contribution in [0.3, 0.4) is 0 Å². The number of hydrogen-bond donors (Lipinski definition) is 3. The molecular formula is C17H21N3O6S. The number of nitrogens with one attached hydrogen (secondary N) is 2. The summed E-state index contributed by atoms with van der Waals surface area (Å²) in [7, 11) is 0.728. The van der Waals surface area contributed by atoms with Crippen LogP contribution in [-0.4, -0.2) is 42.2 Å². The molecule has 0 unspecified atom stereocenters. The van der Waals surface area contributed by atoms with Gasteiger partial charge in [-0.3, -0.25) is 4.79 Å². The third kappa shape index (κ3) is 5.25. The largest absolute Gasteiger partial charge is 0.493 e. The Balaban J connectivity index is 2.03. The van der Waals surface area contributed by atoms with E-state index >= 15 is 0 Å². The Bertz CT molecular complexity index is 888. The lowest BCUT2D eigenvalue weighted by Gasteiger charge is -2.15. The average Bonchev–Trinajstić information content (AvgIpc) is 2.65. The van der Waals surface area contributed by atoms with Crippen LogP contribution in [0.4, 0.5) is 11.4 Å². The number of benzene rings is 2. The van der Waals surface area contributed by atoms with Gasteiger partial charge in [0.2, 0.25) is 21.7 Å². The van der Waals surface area contributed by atoms with Crippen molar-refractivity contribution < 1.29 is 27.4 Å². The van der Waals surface area contributed by atoms with Gasteiger partial charge in [-0.25, -0.2) is 13.6 Å². The Morgan fingerprint density at radius 3 is 1.96 bits per heavy atom. The maximum atomic E-state index is 12.1. The molecule has 2 aromatic carbocycles. The van der Waals surface area contributed by atoms with Gasteiger partial charge < -0.3 is 24.8 Å². The fourth-order valence-electron chi connectivity index (χ4n) is 2.30. The minimum Gasteiger partial charge on any atom is -0.493 e. The molecule has 0 aliphatic heterocycles. The number of amides is 1. The molecule has 0 atom stereocenters. The van der Waals surface area contributed by atoms with Crippen LogP contribution in [0.1, 0.15) is 0 Å². The van der Waals surface area contributed by atoms with E-state index in [4.69, 9.17) is 19.3 Å². The molecule has 0 radical (unpaired) electrons. The van der Waals surface area contributed by atoms with Crippen LogP contribution in [0.2, 0.25) is 0 Å². The predicted molar refractivity (Wildman–Crippen MR) is 101 cm³/mol. The zero-order valence-electron chi connectivity index (χ0n) is 15.1. The van der Waals surface area contributed by atoms with Gasteiger partial charge in [0.15, 0.2) is 11.5 Å². The summed E-state index contributed by atoms with van der Waals surface area (Å²) in [5.41, 5.74) is 1.04. The summed E-state index contributed by atoms with van der Waals surface area (Å²) < 4.78 is 38.2. The molecular weight excluding hydrogens is 374 g/mol. The monoisotopic (exact) mass is 395 g/mol.